The van der Waals surface area contributed by atoms with E-state index in [4.69, 9.17) is 9.47 Å². The van der Waals surface area contributed by atoms with Gasteiger partial charge in [-0.1, -0.05) is 25.0 Å². The standard InChI is InChI=1S/C16H26O3/c1-3-8-14(17)15(9-4-2)10-6-5-7-11-16(15)18-12-13-19-16/h3-4,14,17H,1-2,5-13H2/t14-,15+/m0/s1. The summed E-state index contributed by atoms with van der Waals surface area (Å²) in [4.78, 5) is 0. The SMILES string of the molecule is C=CC[C@H](O)[C@@]1(CC=C)CCCCCC12OCCO2. The van der Waals surface area contributed by atoms with Crippen LogP contribution in [0.4, 0.5) is 0 Å². The molecule has 108 valence electrons. The lowest BCUT2D eigenvalue weighted by Crippen LogP contribution is -2.55. The first-order chi connectivity index (χ1) is 9.21. The van der Waals surface area contributed by atoms with Crippen molar-refractivity contribution in [2.75, 3.05) is 13.2 Å². The smallest absolute Gasteiger partial charge is 0.176 e. The van der Waals surface area contributed by atoms with Crippen molar-refractivity contribution in [2.45, 2.75) is 56.8 Å². The van der Waals surface area contributed by atoms with Crippen molar-refractivity contribution in [1.82, 2.24) is 0 Å². The molecule has 0 aromatic heterocycles. The van der Waals surface area contributed by atoms with Crippen molar-refractivity contribution in [3.05, 3.63) is 25.3 Å². The number of hydrogen-bond acceptors (Lipinski definition) is 3. The lowest BCUT2D eigenvalue weighted by Gasteiger charge is -2.48. The van der Waals surface area contributed by atoms with Crippen molar-refractivity contribution >= 4 is 0 Å². The summed E-state index contributed by atoms with van der Waals surface area (Å²) in [6.45, 7) is 8.89. The summed E-state index contributed by atoms with van der Waals surface area (Å²) in [6, 6.07) is 0. The van der Waals surface area contributed by atoms with E-state index in [1.807, 2.05) is 6.08 Å². The maximum atomic E-state index is 10.7. The molecule has 2 rings (SSSR count). The monoisotopic (exact) mass is 266 g/mol. The Morgan fingerprint density at radius 3 is 2.37 bits per heavy atom. The van der Waals surface area contributed by atoms with E-state index >= 15 is 0 Å². The van der Waals surface area contributed by atoms with E-state index in [2.05, 4.69) is 13.2 Å². The van der Waals surface area contributed by atoms with Gasteiger partial charge in [0.25, 0.3) is 0 Å². The van der Waals surface area contributed by atoms with Crippen LogP contribution < -0.4 is 0 Å². The fourth-order valence-corrected chi connectivity index (χ4v) is 3.76. The van der Waals surface area contributed by atoms with E-state index in [0.29, 0.717) is 19.6 Å². The van der Waals surface area contributed by atoms with Crippen LogP contribution in [-0.4, -0.2) is 30.2 Å². The Kier molecular flexibility index (Phi) is 4.82. The summed E-state index contributed by atoms with van der Waals surface area (Å²) < 4.78 is 12.1. The highest BCUT2D eigenvalue weighted by atomic mass is 16.7. The number of aliphatic hydroxyl groups excluding tert-OH is 1. The van der Waals surface area contributed by atoms with Gasteiger partial charge >= 0.3 is 0 Å². The normalized spacial score (nSPS) is 31.8. The predicted molar refractivity (Wildman–Crippen MR) is 75.8 cm³/mol. The molecule has 1 saturated carbocycles. The van der Waals surface area contributed by atoms with Crippen LogP contribution >= 0.6 is 0 Å². The lowest BCUT2D eigenvalue weighted by atomic mass is 9.67. The Labute approximate surface area is 116 Å². The number of ether oxygens (including phenoxy) is 2. The zero-order chi connectivity index (χ0) is 13.8. The summed E-state index contributed by atoms with van der Waals surface area (Å²) in [5, 5.41) is 10.7. The minimum absolute atomic E-state index is 0.379. The molecule has 0 aromatic carbocycles. The Morgan fingerprint density at radius 1 is 1.05 bits per heavy atom. The predicted octanol–water partition coefficient (Wildman–Crippen LogP) is 3.19. The molecule has 2 aliphatic rings. The second-order valence-corrected chi connectivity index (χ2v) is 5.70. The molecule has 2 fully saturated rings. The molecule has 1 N–H and O–H groups in total. The minimum atomic E-state index is -0.625. The van der Waals surface area contributed by atoms with Crippen LogP contribution in [0.3, 0.4) is 0 Å². The molecular formula is C16H26O3. The third kappa shape index (κ3) is 2.51. The lowest BCUT2D eigenvalue weighted by molar-refractivity contribution is -0.267. The van der Waals surface area contributed by atoms with Crippen molar-refractivity contribution in [3.8, 4) is 0 Å². The summed E-state index contributed by atoms with van der Waals surface area (Å²) in [5.74, 6) is -0.625. The first-order valence-corrected chi connectivity index (χ1v) is 7.38. The third-order valence-corrected chi connectivity index (χ3v) is 4.68. The van der Waals surface area contributed by atoms with Gasteiger partial charge in [0.05, 0.1) is 24.7 Å². The molecule has 3 heteroatoms. The molecule has 1 aliphatic carbocycles. The molecule has 0 radical (unpaired) electrons. The average Bonchev–Trinajstić information content (AvgIpc) is 2.79. The Hall–Kier alpha value is -0.640. The third-order valence-electron chi connectivity index (χ3n) is 4.68. The summed E-state index contributed by atoms with van der Waals surface area (Å²) in [6.07, 6.45) is 9.66. The molecule has 1 spiro atoms. The number of aliphatic hydroxyl groups is 1. The first-order valence-electron chi connectivity index (χ1n) is 7.38. The van der Waals surface area contributed by atoms with Crippen molar-refractivity contribution in [2.24, 2.45) is 5.41 Å². The maximum absolute atomic E-state index is 10.7. The van der Waals surface area contributed by atoms with Gasteiger partial charge in [-0.3, -0.25) is 0 Å². The zero-order valence-corrected chi connectivity index (χ0v) is 11.8. The van der Waals surface area contributed by atoms with Crippen molar-refractivity contribution < 1.29 is 14.6 Å². The molecule has 19 heavy (non-hydrogen) atoms. The topological polar surface area (TPSA) is 38.7 Å². The minimum Gasteiger partial charge on any atom is -0.392 e. The maximum Gasteiger partial charge on any atom is 0.176 e. The van der Waals surface area contributed by atoms with E-state index in [-0.39, 0.29) is 5.41 Å². The van der Waals surface area contributed by atoms with Gasteiger partial charge < -0.3 is 14.6 Å². The van der Waals surface area contributed by atoms with Gasteiger partial charge in [0.1, 0.15) is 0 Å². The highest BCUT2D eigenvalue weighted by Crippen LogP contribution is 2.53. The van der Waals surface area contributed by atoms with Crippen LogP contribution in [-0.2, 0) is 9.47 Å². The molecule has 1 saturated heterocycles. The Bertz CT molecular complexity index is 320. The van der Waals surface area contributed by atoms with E-state index in [1.54, 1.807) is 6.08 Å². The van der Waals surface area contributed by atoms with Gasteiger partial charge in [0.2, 0.25) is 0 Å². The van der Waals surface area contributed by atoms with Gasteiger partial charge in [-0.15, -0.1) is 13.2 Å². The van der Waals surface area contributed by atoms with Gasteiger partial charge in [0.15, 0.2) is 5.79 Å². The molecule has 0 aromatic rings. The van der Waals surface area contributed by atoms with E-state index in [0.717, 1.165) is 32.1 Å². The first kappa shape index (κ1) is 14.8. The largest absolute Gasteiger partial charge is 0.392 e. The Balaban J connectivity index is 2.38. The van der Waals surface area contributed by atoms with Crippen molar-refractivity contribution in [1.29, 1.82) is 0 Å². The Morgan fingerprint density at radius 2 is 1.74 bits per heavy atom. The molecule has 0 unspecified atom stereocenters. The summed E-state index contributed by atoms with van der Waals surface area (Å²) >= 11 is 0. The fraction of sp³-hybridized carbons (Fsp3) is 0.750. The zero-order valence-electron chi connectivity index (χ0n) is 11.8. The van der Waals surface area contributed by atoms with Gasteiger partial charge in [-0.2, -0.15) is 0 Å². The molecular weight excluding hydrogens is 240 g/mol. The van der Waals surface area contributed by atoms with Gasteiger partial charge in [0, 0.05) is 6.42 Å². The number of rotatable bonds is 5. The molecule has 1 aliphatic heterocycles. The summed E-state index contributed by atoms with van der Waals surface area (Å²) in [5.41, 5.74) is -0.379. The van der Waals surface area contributed by atoms with Gasteiger partial charge in [-0.05, 0) is 25.7 Å². The molecule has 1 heterocycles. The van der Waals surface area contributed by atoms with E-state index in [9.17, 15) is 5.11 Å². The average molecular weight is 266 g/mol. The molecule has 2 atom stereocenters. The van der Waals surface area contributed by atoms with Crippen LogP contribution in [0, 0.1) is 5.41 Å². The quantitative estimate of drug-likeness (QED) is 0.777. The second kappa shape index (κ2) is 6.21. The van der Waals surface area contributed by atoms with Crippen LogP contribution in [0.1, 0.15) is 44.9 Å². The van der Waals surface area contributed by atoms with Crippen molar-refractivity contribution in [3.63, 3.8) is 0 Å². The molecule has 3 nitrogen and oxygen atoms in total. The summed E-state index contributed by atoms with van der Waals surface area (Å²) in [7, 11) is 0. The molecule has 0 amide bonds. The highest BCUT2D eigenvalue weighted by molar-refractivity contribution is 5.05. The number of hydrogen-bond donors (Lipinski definition) is 1. The van der Waals surface area contributed by atoms with Crippen LogP contribution in [0.5, 0.6) is 0 Å². The van der Waals surface area contributed by atoms with Crippen LogP contribution in [0.25, 0.3) is 0 Å². The van der Waals surface area contributed by atoms with Crippen LogP contribution in [0.2, 0.25) is 0 Å². The van der Waals surface area contributed by atoms with E-state index < -0.39 is 11.9 Å². The highest BCUT2D eigenvalue weighted by Gasteiger charge is 2.58. The molecule has 0 bridgehead atoms. The second-order valence-electron chi connectivity index (χ2n) is 5.70. The number of allylic oxidation sites excluding steroid dienone is 1. The van der Waals surface area contributed by atoms with Crippen LogP contribution in [0.15, 0.2) is 25.3 Å². The van der Waals surface area contributed by atoms with E-state index in [1.165, 1.54) is 6.42 Å². The fourth-order valence-electron chi connectivity index (χ4n) is 3.76. The van der Waals surface area contributed by atoms with Gasteiger partial charge in [-0.25, -0.2) is 0 Å².